The summed E-state index contributed by atoms with van der Waals surface area (Å²) in [7, 11) is 0. The number of fused-ring (bicyclic) bond motifs is 1. The van der Waals surface area contributed by atoms with Crippen LogP contribution in [0.25, 0.3) is 0 Å². The van der Waals surface area contributed by atoms with Crippen molar-refractivity contribution in [3.63, 3.8) is 0 Å². The minimum atomic E-state index is -0.305. The van der Waals surface area contributed by atoms with Gasteiger partial charge in [-0.2, -0.15) is 0 Å². The molecule has 1 aliphatic rings. The summed E-state index contributed by atoms with van der Waals surface area (Å²) in [4.78, 5) is 0. The van der Waals surface area contributed by atoms with E-state index in [1.165, 1.54) is 97.2 Å². The summed E-state index contributed by atoms with van der Waals surface area (Å²) < 4.78 is 77.7. The van der Waals surface area contributed by atoms with Crippen molar-refractivity contribution >= 4 is 11.6 Å². The topological polar surface area (TPSA) is 206 Å². The average molecular weight is 1530 g/mol. The lowest BCUT2D eigenvalue weighted by molar-refractivity contribution is 0.0967. The van der Waals surface area contributed by atoms with Crippen LogP contribution in [0, 0.1) is 17.5 Å². The van der Waals surface area contributed by atoms with E-state index >= 15 is 0 Å². The molecule has 606 valence electrons. The molecule has 0 fully saturated rings. The Morgan fingerprint density at radius 1 is 0.380 bits per heavy atom. The molecule has 14 nitrogen and oxygen atoms in total. The highest BCUT2D eigenvalue weighted by Crippen LogP contribution is 2.33. The van der Waals surface area contributed by atoms with Crippen molar-refractivity contribution < 1.29 is 82.1 Å². The molecule has 7 aromatic carbocycles. The number of aliphatic hydroxyl groups excluding tert-OH is 7. The Morgan fingerprint density at radius 3 is 1.08 bits per heavy atom. The maximum atomic E-state index is 13.1. The first-order chi connectivity index (χ1) is 51.9. The fraction of sp³-hybridized carbons (Fsp3) is 0.533. The first-order valence-electron chi connectivity index (χ1n) is 39.1. The molecule has 7 aromatic rings. The second kappa shape index (κ2) is 62.7. The van der Waals surface area contributed by atoms with E-state index in [-0.39, 0.29) is 102 Å². The van der Waals surface area contributed by atoms with E-state index in [9.17, 15) is 13.2 Å². The van der Waals surface area contributed by atoms with Crippen LogP contribution >= 0.6 is 11.6 Å². The maximum Gasteiger partial charge on any atom is 0.126 e. The van der Waals surface area contributed by atoms with Gasteiger partial charge in [0.1, 0.15) is 102 Å². The number of unbranched alkanes of at least 4 members (excludes halogenated alkanes) is 7. The molecular weight excluding hydrogens is 1400 g/mol. The lowest BCUT2D eigenvalue weighted by Gasteiger charge is -2.26. The van der Waals surface area contributed by atoms with Crippen LogP contribution in [0.1, 0.15) is 217 Å². The van der Waals surface area contributed by atoms with Crippen molar-refractivity contribution in [2.75, 3.05) is 66.1 Å². The van der Waals surface area contributed by atoms with Crippen LogP contribution in [0.4, 0.5) is 13.2 Å². The molecule has 0 spiro atoms. The number of hydrogen-bond donors (Lipinski definition) is 7. The Bertz CT molecular complexity index is 3220. The maximum absolute atomic E-state index is 13.1. The second-order valence-corrected chi connectivity index (χ2v) is 26.8. The molecule has 18 heteroatoms. The number of hydrogen-bond acceptors (Lipinski definition) is 14. The lowest BCUT2D eigenvalue weighted by atomic mass is 9.97. The zero-order valence-electron chi connectivity index (χ0n) is 65.9. The fourth-order valence-corrected chi connectivity index (χ4v) is 10.9. The normalized spacial score (nSPS) is 12.4. The summed E-state index contributed by atoms with van der Waals surface area (Å²) in [6.07, 6.45) is 23.9. The van der Waals surface area contributed by atoms with Crippen molar-refractivity contribution in [3.05, 3.63) is 207 Å². The van der Waals surface area contributed by atoms with E-state index in [2.05, 4.69) is 78.8 Å². The summed E-state index contributed by atoms with van der Waals surface area (Å²) >= 11 is 5.89. The van der Waals surface area contributed by atoms with E-state index in [4.69, 9.17) is 80.5 Å². The van der Waals surface area contributed by atoms with E-state index in [0.29, 0.717) is 35.5 Å². The molecule has 4 unspecified atom stereocenters. The third-order valence-electron chi connectivity index (χ3n) is 16.9. The highest BCUT2D eigenvalue weighted by molar-refractivity contribution is 6.30. The number of para-hydroxylation sites is 3. The first-order valence-corrected chi connectivity index (χ1v) is 39.5. The largest absolute Gasteiger partial charge is 0.491 e. The standard InChI is InChI=1S/C14H20O2.2C13H19FO2.C13H20O2.C12H17ClO2.C12H17FO2.C12H18O2.CH4/c1-2-3-5-11-6-4-7-12-8-9-13(10-15)16-14(11)12;2*1-3-4-5-11-6-7-12(14)8-13(11)16-10(2)9-15;1-3-4-7-12-8-5-6-9-13(12)15-11(2)10-14;2*1-2-3-4-10-5-6-11(13)9-12(10)15-8-7-14;1-2-3-6-11-7-4-5-8-12(11)14-10-9-13;/h4,6-7,13,15H,2-3,5,8-10H2,1H3;2*6-8,10,15H,3-5,9H2,1-2H3;5-6,8-9,11,14H,3-4,7,10H2,1-2H3;2*5-6,9,14H,2-4,7-8H2,1H3;4-5,7-8,13H,2-3,6,9-10H2,1H3;1H4. The monoisotopic (exact) mass is 1530 g/mol. The number of benzene rings is 7. The van der Waals surface area contributed by atoms with Crippen LogP contribution in [-0.4, -0.2) is 126 Å². The molecular formula is C90H134ClF3O14. The smallest absolute Gasteiger partial charge is 0.126 e. The predicted molar refractivity (Wildman–Crippen MR) is 436 cm³/mol. The molecule has 108 heavy (non-hydrogen) atoms. The van der Waals surface area contributed by atoms with E-state index < -0.39 is 0 Å². The summed E-state index contributed by atoms with van der Waals surface area (Å²) in [5.74, 6) is 4.40. The minimum absolute atomic E-state index is 0. The molecule has 4 atom stereocenters. The van der Waals surface area contributed by atoms with Gasteiger partial charge in [0.05, 0.1) is 46.2 Å². The third kappa shape index (κ3) is 42.2. The molecule has 0 aliphatic carbocycles. The summed E-state index contributed by atoms with van der Waals surface area (Å²) in [5, 5.41) is 62.6. The highest BCUT2D eigenvalue weighted by Gasteiger charge is 2.21. The number of rotatable bonds is 40. The molecule has 1 aliphatic heterocycles. The van der Waals surface area contributed by atoms with Crippen LogP contribution in [0.3, 0.4) is 0 Å². The zero-order valence-corrected chi connectivity index (χ0v) is 66.7. The molecule has 1 heterocycles. The third-order valence-corrected chi connectivity index (χ3v) is 17.1. The van der Waals surface area contributed by atoms with Crippen LogP contribution < -0.4 is 33.2 Å². The summed E-state index contributed by atoms with van der Waals surface area (Å²) in [5.41, 5.74) is 9.26. The number of halogens is 4. The van der Waals surface area contributed by atoms with Gasteiger partial charge in [0.25, 0.3) is 0 Å². The quantitative estimate of drug-likeness (QED) is 0.0191. The predicted octanol–water partition coefficient (Wildman–Crippen LogP) is 20.0. The van der Waals surface area contributed by atoms with Crippen LogP contribution in [0.15, 0.2) is 140 Å². The van der Waals surface area contributed by atoms with Gasteiger partial charge in [0.15, 0.2) is 0 Å². The fourth-order valence-electron chi connectivity index (χ4n) is 10.8. The number of aryl methyl sites for hydroxylation is 8. The van der Waals surface area contributed by atoms with E-state index in [0.717, 1.165) is 154 Å². The summed E-state index contributed by atoms with van der Waals surface area (Å²) in [6, 6.07) is 41.9. The van der Waals surface area contributed by atoms with Gasteiger partial charge in [-0.05, 0) is 210 Å². The van der Waals surface area contributed by atoms with Gasteiger partial charge in [-0.3, -0.25) is 0 Å². The molecule has 8 rings (SSSR count). The molecule has 0 aromatic heterocycles. The summed E-state index contributed by atoms with van der Waals surface area (Å²) in [6.45, 7) is 21.4. The van der Waals surface area contributed by atoms with Gasteiger partial charge < -0.3 is 68.9 Å². The molecule has 0 amide bonds. The highest BCUT2D eigenvalue weighted by atomic mass is 35.5. The zero-order chi connectivity index (χ0) is 78.8. The lowest BCUT2D eigenvalue weighted by Crippen LogP contribution is -2.26. The van der Waals surface area contributed by atoms with Crippen molar-refractivity contribution in [1.82, 2.24) is 0 Å². The second-order valence-electron chi connectivity index (χ2n) is 26.4. The van der Waals surface area contributed by atoms with E-state index in [1.54, 1.807) is 32.0 Å². The van der Waals surface area contributed by atoms with Gasteiger partial charge in [-0.15, -0.1) is 0 Å². The first kappa shape index (κ1) is 98.9. The van der Waals surface area contributed by atoms with Crippen LogP contribution in [0.2, 0.25) is 5.02 Å². The van der Waals surface area contributed by atoms with Crippen LogP contribution in [0.5, 0.6) is 40.2 Å². The Kier molecular flexibility index (Phi) is 57.4. The number of aliphatic hydroxyl groups is 7. The Hall–Kier alpha value is -7.06. The molecule has 0 saturated carbocycles. The molecule has 0 radical (unpaired) electrons. The van der Waals surface area contributed by atoms with Gasteiger partial charge in [-0.1, -0.05) is 191 Å². The van der Waals surface area contributed by atoms with Gasteiger partial charge in [0.2, 0.25) is 0 Å². The van der Waals surface area contributed by atoms with Crippen molar-refractivity contribution in [2.24, 2.45) is 0 Å². The Labute approximate surface area is 651 Å². The van der Waals surface area contributed by atoms with Gasteiger partial charge in [0, 0.05) is 23.2 Å². The SMILES string of the molecule is C.CCCCc1ccc(Cl)cc1OCCO.CCCCc1ccc(F)cc1OC(C)CO.CCCCc1ccc(F)cc1OC(C)CO.CCCCc1ccc(F)cc1OCCO.CCCCc1cccc2c1OC(CO)CC2.CCCCc1ccccc1OC(C)CO.CCCCc1ccccc1OCCO. The number of ether oxygens (including phenoxy) is 7. The van der Waals surface area contributed by atoms with Crippen LogP contribution in [-0.2, 0) is 51.4 Å². The Balaban J connectivity index is 0.000000629. The molecule has 0 saturated heterocycles. The molecule has 0 bridgehead atoms. The average Bonchev–Trinajstić information content (AvgIpc) is 0.789. The van der Waals surface area contributed by atoms with Crippen molar-refractivity contribution in [2.45, 2.75) is 249 Å². The molecule has 7 N–H and O–H groups in total. The Morgan fingerprint density at radius 2 is 0.694 bits per heavy atom. The minimum Gasteiger partial charge on any atom is -0.491 e. The van der Waals surface area contributed by atoms with Crippen molar-refractivity contribution in [3.8, 4) is 40.2 Å². The van der Waals surface area contributed by atoms with Gasteiger partial charge >= 0.3 is 0 Å². The van der Waals surface area contributed by atoms with Gasteiger partial charge in [-0.25, -0.2) is 13.2 Å². The van der Waals surface area contributed by atoms with E-state index in [1.807, 2.05) is 61.5 Å². The van der Waals surface area contributed by atoms with Crippen molar-refractivity contribution in [1.29, 1.82) is 0 Å².